The van der Waals surface area contributed by atoms with E-state index in [1.807, 2.05) is 19.9 Å². The van der Waals surface area contributed by atoms with Gasteiger partial charge >= 0.3 is 12.0 Å². The van der Waals surface area contributed by atoms with Crippen LogP contribution in [0.2, 0.25) is 0 Å². The van der Waals surface area contributed by atoms with E-state index in [-0.39, 0.29) is 31.9 Å². The number of carbonyl (C=O) groups is 2. The van der Waals surface area contributed by atoms with E-state index in [9.17, 15) is 9.59 Å². The predicted molar refractivity (Wildman–Crippen MR) is 68.3 cm³/mol. The highest BCUT2D eigenvalue weighted by molar-refractivity contribution is 5.82. The van der Waals surface area contributed by atoms with Gasteiger partial charge in [-0.2, -0.15) is 5.26 Å². The molecule has 0 bridgehead atoms. The molecule has 0 saturated carbocycles. The van der Waals surface area contributed by atoms with E-state index in [2.05, 4.69) is 5.32 Å². The van der Waals surface area contributed by atoms with Crippen LogP contribution < -0.4 is 5.32 Å². The summed E-state index contributed by atoms with van der Waals surface area (Å²) < 4.78 is 0. The van der Waals surface area contributed by atoms with Gasteiger partial charge < -0.3 is 20.4 Å². The molecule has 0 aromatic rings. The lowest BCUT2D eigenvalue weighted by Crippen LogP contribution is -2.49. The number of hydrogen-bond donors (Lipinski definition) is 3. The van der Waals surface area contributed by atoms with Crippen molar-refractivity contribution in [1.82, 2.24) is 10.2 Å². The van der Waals surface area contributed by atoms with Gasteiger partial charge in [-0.05, 0) is 5.92 Å². The molecule has 0 aliphatic heterocycles. The molecule has 7 nitrogen and oxygen atoms in total. The average molecular weight is 271 g/mol. The Balaban J connectivity index is 4.59. The fraction of sp³-hybridized carbons (Fsp3) is 0.750. The number of carbonyl (C=O) groups excluding carboxylic acids is 1. The maximum absolute atomic E-state index is 11.9. The van der Waals surface area contributed by atoms with Gasteiger partial charge in [-0.3, -0.25) is 0 Å². The summed E-state index contributed by atoms with van der Waals surface area (Å²) in [5, 5.41) is 28.5. The smallest absolute Gasteiger partial charge is 0.326 e. The van der Waals surface area contributed by atoms with Crippen LogP contribution in [0.15, 0.2) is 0 Å². The van der Waals surface area contributed by atoms with E-state index in [1.54, 1.807) is 0 Å². The van der Waals surface area contributed by atoms with E-state index in [0.29, 0.717) is 6.54 Å². The molecule has 108 valence electrons. The van der Waals surface area contributed by atoms with E-state index >= 15 is 0 Å². The normalized spacial score (nSPS) is 11.7. The Bertz CT molecular complexity index is 338. The van der Waals surface area contributed by atoms with Gasteiger partial charge in [-0.1, -0.05) is 13.8 Å². The first-order chi connectivity index (χ1) is 8.92. The fourth-order valence-electron chi connectivity index (χ4n) is 1.53. The van der Waals surface area contributed by atoms with Crippen LogP contribution in [0.3, 0.4) is 0 Å². The number of nitrogens with one attached hydrogen (secondary N) is 1. The van der Waals surface area contributed by atoms with Crippen LogP contribution in [0.5, 0.6) is 0 Å². The van der Waals surface area contributed by atoms with Gasteiger partial charge in [-0.15, -0.1) is 0 Å². The lowest BCUT2D eigenvalue weighted by molar-refractivity contribution is -0.139. The summed E-state index contributed by atoms with van der Waals surface area (Å²) in [6.07, 6.45) is 0.146. The zero-order chi connectivity index (χ0) is 14.8. The monoisotopic (exact) mass is 271 g/mol. The van der Waals surface area contributed by atoms with Gasteiger partial charge in [0, 0.05) is 26.1 Å². The van der Waals surface area contributed by atoms with Crippen molar-refractivity contribution in [2.75, 3.05) is 19.7 Å². The summed E-state index contributed by atoms with van der Waals surface area (Å²) in [5.41, 5.74) is 0. The number of aliphatic carboxylic acids is 1. The highest BCUT2D eigenvalue weighted by Gasteiger charge is 2.22. The molecule has 0 saturated heterocycles. The summed E-state index contributed by atoms with van der Waals surface area (Å²) in [4.78, 5) is 24.2. The number of carboxylic acid groups (broad SMARTS) is 1. The van der Waals surface area contributed by atoms with Gasteiger partial charge in [-0.25, -0.2) is 9.59 Å². The molecule has 0 aliphatic carbocycles. The molecule has 0 aromatic heterocycles. The van der Waals surface area contributed by atoms with Crippen molar-refractivity contribution in [3.63, 3.8) is 0 Å². The molecule has 0 unspecified atom stereocenters. The Kier molecular flexibility index (Phi) is 8.29. The predicted octanol–water partition coefficient (Wildman–Crippen LogP) is 0.403. The number of hydrogen-bond acceptors (Lipinski definition) is 4. The molecular weight excluding hydrogens is 250 g/mol. The third kappa shape index (κ3) is 7.26. The molecule has 0 aliphatic rings. The molecular formula is C12H21N3O4. The highest BCUT2D eigenvalue weighted by Crippen LogP contribution is 2.02. The van der Waals surface area contributed by atoms with Crippen molar-refractivity contribution in [1.29, 1.82) is 5.26 Å². The second kappa shape index (κ2) is 9.16. The third-order valence-electron chi connectivity index (χ3n) is 2.38. The first-order valence-electron chi connectivity index (χ1n) is 6.18. The minimum Gasteiger partial charge on any atom is -0.480 e. The SMILES string of the molecule is CC(C)CN(CCC#N)C(=O)N[C@@H](CCO)C(=O)O. The molecule has 0 aromatic carbocycles. The van der Waals surface area contributed by atoms with Crippen molar-refractivity contribution in [2.24, 2.45) is 5.92 Å². The fourth-order valence-corrected chi connectivity index (χ4v) is 1.53. The molecule has 2 amide bonds. The minimum atomic E-state index is -1.19. The third-order valence-corrected chi connectivity index (χ3v) is 2.38. The second-order valence-electron chi connectivity index (χ2n) is 4.60. The van der Waals surface area contributed by atoms with E-state index in [1.165, 1.54) is 4.90 Å². The molecule has 0 rings (SSSR count). The minimum absolute atomic E-state index is 0.0468. The summed E-state index contributed by atoms with van der Waals surface area (Å²) in [6, 6.07) is 0.310. The summed E-state index contributed by atoms with van der Waals surface area (Å²) in [7, 11) is 0. The largest absolute Gasteiger partial charge is 0.480 e. The first-order valence-corrected chi connectivity index (χ1v) is 6.18. The average Bonchev–Trinajstić information content (AvgIpc) is 2.33. The quantitative estimate of drug-likeness (QED) is 0.591. The van der Waals surface area contributed by atoms with Crippen molar-refractivity contribution in [2.45, 2.75) is 32.7 Å². The van der Waals surface area contributed by atoms with E-state index in [4.69, 9.17) is 15.5 Å². The number of rotatable bonds is 8. The van der Waals surface area contributed by atoms with E-state index < -0.39 is 18.0 Å². The standard InChI is InChI=1S/C12H21N3O4/c1-9(2)8-15(6-3-5-13)12(19)14-10(4-7-16)11(17)18/h9-10,16H,3-4,6-8H2,1-2H3,(H,14,19)(H,17,18)/t10-/m0/s1. The van der Waals surface area contributed by atoms with Crippen molar-refractivity contribution >= 4 is 12.0 Å². The van der Waals surface area contributed by atoms with Crippen LogP contribution in [0.25, 0.3) is 0 Å². The molecule has 0 heterocycles. The van der Waals surface area contributed by atoms with Gasteiger partial charge in [0.05, 0.1) is 12.5 Å². The topological polar surface area (TPSA) is 114 Å². The Morgan fingerprint density at radius 3 is 2.47 bits per heavy atom. The molecule has 3 N–H and O–H groups in total. The number of nitrogens with zero attached hydrogens (tertiary/aromatic N) is 2. The lowest BCUT2D eigenvalue weighted by atomic mass is 10.2. The lowest BCUT2D eigenvalue weighted by Gasteiger charge is -2.25. The van der Waals surface area contributed by atoms with Crippen molar-refractivity contribution < 1.29 is 19.8 Å². The number of aliphatic hydroxyl groups excluding tert-OH is 1. The molecule has 0 fully saturated rings. The summed E-state index contributed by atoms with van der Waals surface area (Å²) in [5.74, 6) is -0.974. The number of nitriles is 1. The van der Waals surface area contributed by atoms with Gasteiger partial charge in [0.25, 0.3) is 0 Å². The summed E-state index contributed by atoms with van der Waals surface area (Å²) >= 11 is 0. The van der Waals surface area contributed by atoms with Crippen LogP contribution in [0, 0.1) is 17.2 Å². The molecule has 7 heteroatoms. The molecule has 19 heavy (non-hydrogen) atoms. The molecule has 0 radical (unpaired) electrons. The van der Waals surface area contributed by atoms with Gasteiger partial charge in [0.2, 0.25) is 0 Å². The van der Waals surface area contributed by atoms with Crippen LogP contribution in [0.1, 0.15) is 26.7 Å². The van der Waals surface area contributed by atoms with Crippen molar-refractivity contribution in [3.8, 4) is 6.07 Å². The van der Waals surface area contributed by atoms with E-state index in [0.717, 1.165) is 0 Å². The number of carboxylic acids is 1. The van der Waals surface area contributed by atoms with Gasteiger partial charge in [0.15, 0.2) is 0 Å². The maximum atomic E-state index is 11.9. The highest BCUT2D eigenvalue weighted by atomic mass is 16.4. The van der Waals surface area contributed by atoms with Crippen LogP contribution in [0.4, 0.5) is 4.79 Å². The van der Waals surface area contributed by atoms with Crippen molar-refractivity contribution in [3.05, 3.63) is 0 Å². The zero-order valence-corrected chi connectivity index (χ0v) is 11.3. The van der Waals surface area contributed by atoms with Crippen LogP contribution in [-0.2, 0) is 4.79 Å². The Labute approximate surface area is 112 Å². The Morgan fingerprint density at radius 1 is 1.42 bits per heavy atom. The number of aliphatic hydroxyl groups is 1. The number of urea groups is 1. The zero-order valence-electron chi connectivity index (χ0n) is 11.3. The Hall–Kier alpha value is -1.81. The second-order valence-corrected chi connectivity index (χ2v) is 4.60. The molecule has 1 atom stereocenters. The number of amides is 2. The van der Waals surface area contributed by atoms with Gasteiger partial charge in [0.1, 0.15) is 6.04 Å². The molecule has 0 spiro atoms. The summed E-state index contributed by atoms with van der Waals surface area (Å²) in [6.45, 7) is 4.23. The maximum Gasteiger partial charge on any atom is 0.326 e. The van der Waals surface area contributed by atoms with Crippen LogP contribution >= 0.6 is 0 Å². The van der Waals surface area contributed by atoms with Crippen LogP contribution in [-0.4, -0.2) is 52.9 Å². The first kappa shape index (κ1) is 17.2. The Morgan fingerprint density at radius 2 is 2.05 bits per heavy atom.